The number of nitrogens with zero attached hydrogens (tertiary/aromatic N) is 5. The van der Waals surface area contributed by atoms with Gasteiger partial charge in [-0.3, -0.25) is 19.4 Å². The highest BCUT2D eigenvalue weighted by Gasteiger charge is 2.26. The summed E-state index contributed by atoms with van der Waals surface area (Å²) in [5, 5.41) is 5.05. The molecule has 248 valence electrons. The standard InChI is InChI=1S/C32H43N7O7/c1-20(2)18-23-27-24(15-16-33-23)39(31(44)46-32(3,4)5)25(36-27)19-38-17-11-13-22(29(38)42)34-28(41)21(35-30(43)45-8)12-9-10-14-26(40)37(6)7/h10-11,13-17,20-21H,9,12,18-19H2,1-8H3,(H,34,41)(H,35,43)/b14-10+/t21-/m0/s1. The van der Waals surface area contributed by atoms with Gasteiger partial charge in [0.25, 0.3) is 5.56 Å². The lowest BCUT2D eigenvalue weighted by molar-refractivity contribution is -0.123. The monoisotopic (exact) mass is 637 g/mol. The largest absolute Gasteiger partial charge is 0.453 e. The summed E-state index contributed by atoms with van der Waals surface area (Å²) in [5.41, 5.74) is 0.358. The van der Waals surface area contributed by atoms with Gasteiger partial charge in [0.05, 0.1) is 24.9 Å². The van der Waals surface area contributed by atoms with Crippen LogP contribution in [0.3, 0.4) is 0 Å². The molecular formula is C32H43N7O7. The van der Waals surface area contributed by atoms with E-state index in [4.69, 9.17) is 9.72 Å². The number of aromatic nitrogens is 4. The first-order chi connectivity index (χ1) is 21.6. The topological polar surface area (TPSA) is 167 Å². The number of fused-ring (bicyclic) bond motifs is 1. The van der Waals surface area contributed by atoms with Gasteiger partial charge in [-0.2, -0.15) is 0 Å². The summed E-state index contributed by atoms with van der Waals surface area (Å²) in [6, 6.07) is 3.62. The van der Waals surface area contributed by atoms with Crippen molar-refractivity contribution in [2.24, 2.45) is 5.92 Å². The number of amides is 3. The van der Waals surface area contributed by atoms with Gasteiger partial charge in [-0.1, -0.05) is 19.9 Å². The Morgan fingerprint density at radius 1 is 1.13 bits per heavy atom. The van der Waals surface area contributed by atoms with Crippen LogP contribution in [0.15, 0.2) is 47.5 Å². The van der Waals surface area contributed by atoms with Gasteiger partial charge >= 0.3 is 12.2 Å². The summed E-state index contributed by atoms with van der Waals surface area (Å²) >= 11 is 0. The summed E-state index contributed by atoms with van der Waals surface area (Å²) in [6.07, 6.45) is 5.66. The molecule has 0 aliphatic heterocycles. The van der Waals surface area contributed by atoms with E-state index in [1.54, 1.807) is 59.3 Å². The molecule has 0 saturated heterocycles. The third kappa shape index (κ3) is 9.49. The molecule has 14 nitrogen and oxygen atoms in total. The van der Waals surface area contributed by atoms with Crippen molar-refractivity contribution < 1.29 is 28.7 Å². The Morgan fingerprint density at radius 2 is 1.85 bits per heavy atom. The van der Waals surface area contributed by atoms with E-state index in [0.717, 1.165) is 5.69 Å². The Bertz CT molecular complexity index is 1670. The fourth-order valence-corrected chi connectivity index (χ4v) is 4.45. The SMILES string of the molecule is COC(=O)N[C@@H](CC/C=C/C(=O)N(C)C)C(=O)Nc1cccn(Cc2nc3c(CC(C)C)nccc3n2C(=O)OC(C)(C)C)c1=O. The molecule has 0 unspecified atom stereocenters. The lowest BCUT2D eigenvalue weighted by Gasteiger charge is -2.20. The number of likely N-dealkylation sites (N-methyl/N-ethyl adjacent to an activating group) is 1. The van der Waals surface area contributed by atoms with Gasteiger partial charge < -0.3 is 29.6 Å². The molecule has 0 saturated carbocycles. The molecule has 2 N–H and O–H groups in total. The summed E-state index contributed by atoms with van der Waals surface area (Å²) in [5.74, 6) is -0.348. The zero-order valence-electron chi connectivity index (χ0n) is 27.6. The number of methoxy groups -OCH3 is 1. The van der Waals surface area contributed by atoms with Crippen LogP contribution >= 0.6 is 0 Å². The first-order valence-corrected chi connectivity index (χ1v) is 14.9. The van der Waals surface area contributed by atoms with Gasteiger partial charge in [0, 0.05) is 26.5 Å². The molecule has 3 rings (SSSR count). The number of rotatable bonds is 11. The van der Waals surface area contributed by atoms with Crippen LogP contribution < -0.4 is 16.2 Å². The number of ether oxygens (including phenoxy) is 2. The highest BCUT2D eigenvalue weighted by Crippen LogP contribution is 2.23. The van der Waals surface area contributed by atoms with Crippen molar-refractivity contribution in [3.8, 4) is 0 Å². The van der Waals surface area contributed by atoms with Gasteiger partial charge in [0.2, 0.25) is 11.8 Å². The van der Waals surface area contributed by atoms with E-state index in [0.29, 0.717) is 17.5 Å². The predicted octanol–water partition coefficient (Wildman–Crippen LogP) is 3.71. The molecule has 0 fully saturated rings. The number of carbonyl (C=O) groups is 4. The van der Waals surface area contributed by atoms with E-state index in [1.165, 1.54) is 39.5 Å². The molecule has 0 spiro atoms. The van der Waals surface area contributed by atoms with E-state index < -0.39 is 35.3 Å². The van der Waals surface area contributed by atoms with Crippen molar-refractivity contribution in [2.75, 3.05) is 26.5 Å². The Morgan fingerprint density at radius 3 is 2.48 bits per heavy atom. The van der Waals surface area contributed by atoms with Crippen molar-refractivity contribution in [1.82, 2.24) is 29.3 Å². The molecule has 3 aromatic heterocycles. The second kappa shape index (κ2) is 15.3. The van der Waals surface area contributed by atoms with E-state index in [9.17, 15) is 24.0 Å². The van der Waals surface area contributed by atoms with Crippen molar-refractivity contribution >= 4 is 40.7 Å². The minimum absolute atomic E-state index is 0.0513. The van der Waals surface area contributed by atoms with Gasteiger partial charge in [-0.15, -0.1) is 0 Å². The molecule has 1 atom stereocenters. The van der Waals surface area contributed by atoms with Crippen LogP contribution in [0.2, 0.25) is 0 Å². The molecule has 14 heteroatoms. The number of hydrogen-bond acceptors (Lipinski definition) is 9. The molecule has 0 aliphatic rings. The summed E-state index contributed by atoms with van der Waals surface area (Å²) in [4.78, 5) is 74.6. The fraction of sp³-hybridized carbons (Fsp3) is 0.469. The van der Waals surface area contributed by atoms with Crippen LogP contribution in [0, 0.1) is 5.92 Å². The second-order valence-electron chi connectivity index (χ2n) is 12.3. The number of anilines is 1. The smallest absolute Gasteiger partial charge is 0.420 e. The third-order valence-electron chi connectivity index (χ3n) is 6.60. The van der Waals surface area contributed by atoms with Crippen molar-refractivity contribution in [3.05, 3.63) is 64.6 Å². The van der Waals surface area contributed by atoms with Crippen LogP contribution in [0.5, 0.6) is 0 Å². The number of imidazole rings is 1. The zero-order chi connectivity index (χ0) is 34.2. The summed E-state index contributed by atoms with van der Waals surface area (Å²) in [6.45, 7) is 9.27. The van der Waals surface area contributed by atoms with E-state index in [1.807, 2.05) is 0 Å². The highest BCUT2D eigenvalue weighted by atomic mass is 16.6. The molecule has 0 aliphatic carbocycles. The molecule has 46 heavy (non-hydrogen) atoms. The minimum atomic E-state index is -1.07. The first kappa shape index (κ1) is 35.5. The molecule has 3 amide bonds. The third-order valence-corrected chi connectivity index (χ3v) is 6.60. The maximum absolute atomic E-state index is 13.6. The first-order valence-electron chi connectivity index (χ1n) is 14.9. The van der Waals surface area contributed by atoms with Gasteiger partial charge in [-0.25, -0.2) is 19.1 Å². The Balaban J connectivity index is 1.94. The Labute approximate surface area is 267 Å². The minimum Gasteiger partial charge on any atom is -0.453 e. The second-order valence-corrected chi connectivity index (χ2v) is 12.3. The maximum atomic E-state index is 13.6. The number of pyridine rings is 2. The number of nitrogens with one attached hydrogen (secondary N) is 2. The molecule has 0 bridgehead atoms. The van der Waals surface area contributed by atoms with Crippen LogP contribution in [0.4, 0.5) is 15.3 Å². The van der Waals surface area contributed by atoms with Gasteiger partial charge in [0.1, 0.15) is 28.7 Å². The van der Waals surface area contributed by atoms with Crippen LogP contribution in [0.25, 0.3) is 11.0 Å². The summed E-state index contributed by atoms with van der Waals surface area (Å²) < 4.78 is 13.0. The van der Waals surface area contributed by atoms with Crippen LogP contribution in [0.1, 0.15) is 59.0 Å². The van der Waals surface area contributed by atoms with E-state index in [2.05, 4.69) is 34.2 Å². The fourth-order valence-electron chi connectivity index (χ4n) is 4.45. The van der Waals surface area contributed by atoms with Gasteiger partial charge in [-0.05, 0) is 70.2 Å². The predicted molar refractivity (Wildman–Crippen MR) is 173 cm³/mol. The lowest BCUT2D eigenvalue weighted by Crippen LogP contribution is -2.44. The Kier molecular flexibility index (Phi) is 11.8. The van der Waals surface area contributed by atoms with E-state index in [-0.39, 0.29) is 42.7 Å². The zero-order valence-corrected chi connectivity index (χ0v) is 27.6. The van der Waals surface area contributed by atoms with Crippen LogP contribution in [-0.4, -0.2) is 80.9 Å². The molecular weight excluding hydrogens is 594 g/mol. The van der Waals surface area contributed by atoms with Crippen molar-refractivity contribution in [3.63, 3.8) is 0 Å². The van der Waals surface area contributed by atoms with Crippen molar-refractivity contribution in [1.29, 1.82) is 0 Å². The maximum Gasteiger partial charge on any atom is 0.420 e. The highest BCUT2D eigenvalue weighted by molar-refractivity contribution is 5.96. The Hall–Kier alpha value is -5.01. The van der Waals surface area contributed by atoms with Gasteiger partial charge in [0.15, 0.2) is 0 Å². The molecule has 3 aromatic rings. The quantitative estimate of drug-likeness (QED) is 0.298. The lowest BCUT2D eigenvalue weighted by atomic mass is 10.1. The number of alkyl carbamates (subject to hydrolysis) is 1. The molecule has 0 radical (unpaired) electrons. The molecule has 0 aromatic carbocycles. The normalized spacial score (nSPS) is 12.3. The number of allylic oxidation sites excluding steroid dienone is 1. The molecule has 3 heterocycles. The van der Waals surface area contributed by atoms with Crippen LogP contribution in [-0.2, 0) is 32.0 Å². The number of carbonyl (C=O) groups excluding carboxylic acids is 4. The average molecular weight is 638 g/mol. The average Bonchev–Trinajstić information content (AvgIpc) is 3.34. The van der Waals surface area contributed by atoms with Crippen molar-refractivity contribution in [2.45, 2.75) is 72.1 Å². The number of hydrogen-bond donors (Lipinski definition) is 2. The summed E-state index contributed by atoms with van der Waals surface area (Å²) in [7, 11) is 4.40. The van der Waals surface area contributed by atoms with E-state index >= 15 is 0 Å².